The summed E-state index contributed by atoms with van der Waals surface area (Å²) in [6.07, 6.45) is 0. The first-order chi connectivity index (χ1) is 12.5. The highest BCUT2D eigenvalue weighted by Crippen LogP contribution is 2.18. The molecule has 7 heteroatoms. The average molecular weight is 353 g/mol. The molecule has 26 heavy (non-hydrogen) atoms. The lowest BCUT2D eigenvalue weighted by molar-refractivity contribution is 0.508. The Morgan fingerprint density at radius 3 is 2.31 bits per heavy atom. The third kappa shape index (κ3) is 2.36. The van der Waals surface area contributed by atoms with Crippen LogP contribution in [0.15, 0.2) is 64.2 Å². The third-order valence-corrected chi connectivity index (χ3v) is 4.28. The van der Waals surface area contributed by atoms with E-state index in [1.807, 2.05) is 6.07 Å². The Labute approximate surface area is 145 Å². The van der Waals surface area contributed by atoms with Crippen LogP contribution in [-0.2, 0) is 0 Å². The normalized spacial score (nSPS) is 11.2. The molecule has 2 heterocycles. The van der Waals surface area contributed by atoms with E-state index in [0.717, 1.165) is 12.1 Å². The number of pyridine rings is 1. The molecule has 0 radical (unpaired) electrons. The highest BCUT2D eigenvalue weighted by molar-refractivity contribution is 5.81. The summed E-state index contributed by atoms with van der Waals surface area (Å²) in [4.78, 5) is 25.4. The monoisotopic (exact) mass is 353 g/mol. The smallest absolute Gasteiger partial charge is 0.280 e. The number of aryl methyl sites for hydroxylation is 1. The summed E-state index contributed by atoms with van der Waals surface area (Å²) in [6.45, 7) is 1.59. The minimum absolute atomic E-state index is 0.153. The van der Waals surface area contributed by atoms with Crippen molar-refractivity contribution < 1.29 is 8.78 Å². The number of rotatable bonds is 2. The van der Waals surface area contributed by atoms with Crippen molar-refractivity contribution in [3.63, 3.8) is 0 Å². The molecule has 0 spiro atoms. The number of hydrogen-bond acceptors (Lipinski definition) is 2. The second kappa shape index (κ2) is 5.80. The maximum atomic E-state index is 13.6. The summed E-state index contributed by atoms with van der Waals surface area (Å²) >= 11 is 0. The Morgan fingerprint density at radius 1 is 0.885 bits per heavy atom. The minimum atomic E-state index is -1.07. The first kappa shape index (κ1) is 16.0. The van der Waals surface area contributed by atoms with Gasteiger partial charge in [-0.2, -0.15) is 0 Å². The molecule has 4 aromatic rings. The van der Waals surface area contributed by atoms with Crippen LogP contribution in [0.5, 0.6) is 0 Å². The lowest BCUT2D eigenvalue weighted by atomic mass is 10.2. The molecule has 0 fully saturated rings. The molecular formula is C19H13F2N3O2. The lowest BCUT2D eigenvalue weighted by Gasteiger charge is -2.10. The van der Waals surface area contributed by atoms with Crippen LogP contribution in [0.25, 0.3) is 22.3 Å². The van der Waals surface area contributed by atoms with E-state index in [0.29, 0.717) is 22.3 Å². The average Bonchev–Trinajstić information content (AvgIpc) is 2.95. The van der Waals surface area contributed by atoms with E-state index in [1.54, 1.807) is 31.2 Å². The molecule has 2 aromatic heterocycles. The van der Waals surface area contributed by atoms with Gasteiger partial charge in [0.2, 0.25) is 0 Å². The van der Waals surface area contributed by atoms with Gasteiger partial charge in [-0.25, -0.2) is 13.5 Å². The molecule has 0 saturated carbocycles. The van der Waals surface area contributed by atoms with Crippen LogP contribution >= 0.6 is 0 Å². The van der Waals surface area contributed by atoms with E-state index in [1.165, 1.54) is 21.4 Å². The lowest BCUT2D eigenvalue weighted by Crippen LogP contribution is -2.22. The second-order valence-corrected chi connectivity index (χ2v) is 5.88. The van der Waals surface area contributed by atoms with Crippen molar-refractivity contribution in [2.24, 2.45) is 0 Å². The Kier molecular flexibility index (Phi) is 3.57. The number of aromatic amines is 1. The third-order valence-electron chi connectivity index (χ3n) is 4.28. The summed E-state index contributed by atoms with van der Waals surface area (Å²) in [5, 5.41) is 3.22. The van der Waals surface area contributed by atoms with E-state index < -0.39 is 17.2 Å². The fourth-order valence-electron chi connectivity index (χ4n) is 3.08. The molecule has 0 saturated heterocycles. The van der Waals surface area contributed by atoms with Gasteiger partial charge in [0, 0.05) is 17.8 Å². The highest BCUT2D eigenvalue weighted by atomic mass is 19.2. The first-order valence-electron chi connectivity index (χ1n) is 7.85. The number of para-hydroxylation sites is 1. The number of nitrogens with zero attached hydrogens (tertiary/aromatic N) is 2. The van der Waals surface area contributed by atoms with Crippen molar-refractivity contribution in [1.82, 2.24) is 14.3 Å². The van der Waals surface area contributed by atoms with Crippen molar-refractivity contribution in [1.29, 1.82) is 0 Å². The number of hydrogen-bond donors (Lipinski definition) is 1. The van der Waals surface area contributed by atoms with Crippen molar-refractivity contribution in [2.45, 2.75) is 6.92 Å². The SMILES string of the molecule is Cc1c2c(=O)n(-c3ccccc3)[nH]c2cc(=O)n1-c1ccc(F)c(F)c1. The molecule has 130 valence electrons. The van der Waals surface area contributed by atoms with Gasteiger partial charge in [-0.05, 0) is 31.2 Å². The van der Waals surface area contributed by atoms with Crippen LogP contribution in [0.2, 0.25) is 0 Å². The Hall–Kier alpha value is -3.48. The predicted octanol–water partition coefficient (Wildman–Crippen LogP) is 3.06. The number of nitrogens with one attached hydrogen (secondary N) is 1. The van der Waals surface area contributed by atoms with Crippen LogP contribution in [-0.4, -0.2) is 14.3 Å². The fraction of sp³-hybridized carbons (Fsp3) is 0.0526. The standard InChI is InChI=1S/C19H13F2N3O2/c1-11-18-16(22-24(19(18)26)12-5-3-2-4-6-12)10-17(25)23(11)13-7-8-14(20)15(21)9-13/h2-10,22H,1H3. The molecule has 0 amide bonds. The van der Waals surface area contributed by atoms with Crippen LogP contribution in [0.3, 0.4) is 0 Å². The Morgan fingerprint density at radius 2 is 1.62 bits per heavy atom. The van der Waals surface area contributed by atoms with Gasteiger partial charge in [-0.1, -0.05) is 18.2 Å². The van der Waals surface area contributed by atoms with E-state index in [4.69, 9.17) is 0 Å². The molecule has 0 unspecified atom stereocenters. The molecule has 0 aliphatic heterocycles. The van der Waals surface area contributed by atoms with Gasteiger partial charge in [-0.15, -0.1) is 0 Å². The highest BCUT2D eigenvalue weighted by Gasteiger charge is 2.16. The number of H-pyrrole nitrogens is 1. The fourth-order valence-corrected chi connectivity index (χ4v) is 3.08. The quantitative estimate of drug-likeness (QED) is 0.602. The molecule has 4 rings (SSSR count). The van der Waals surface area contributed by atoms with Gasteiger partial charge in [0.05, 0.1) is 22.3 Å². The molecule has 0 aliphatic carbocycles. The van der Waals surface area contributed by atoms with Crippen LogP contribution in [0, 0.1) is 18.6 Å². The van der Waals surface area contributed by atoms with Gasteiger partial charge < -0.3 is 0 Å². The zero-order chi connectivity index (χ0) is 18.4. The van der Waals surface area contributed by atoms with Gasteiger partial charge in [0.1, 0.15) is 0 Å². The zero-order valence-electron chi connectivity index (χ0n) is 13.7. The van der Waals surface area contributed by atoms with Crippen LogP contribution in [0.1, 0.15) is 5.69 Å². The van der Waals surface area contributed by atoms with Crippen molar-refractivity contribution >= 4 is 10.9 Å². The summed E-state index contributed by atoms with van der Waals surface area (Å²) in [7, 11) is 0. The van der Waals surface area contributed by atoms with Crippen LogP contribution < -0.4 is 11.1 Å². The van der Waals surface area contributed by atoms with Gasteiger partial charge >= 0.3 is 0 Å². The maximum absolute atomic E-state index is 13.6. The van der Waals surface area contributed by atoms with E-state index >= 15 is 0 Å². The number of fused-ring (bicyclic) bond motifs is 1. The molecule has 0 aliphatic rings. The number of aromatic nitrogens is 3. The topological polar surface area (TPSA) is 59.8 Å². The molecular weight excluding hydrogens is 340 g/mol. The first-order valence-corrected chi connectivity index (χ1v) is 7.85. The molecule has 0 bridgehead atoms. The minimum Gasteiger partial charge on any atom is -0.290 e. The molecule has 1 N–H and O–H groups in total. The van der Waals surface area contributed by atoms with E-state index in [2.05, 4.69) is 5.10 Å². The summed E-state index contributed by atoms with van der Waals surface area (Å²) in [5.41, 5.74) is 0.706. The number of benzene rings is 2. The van der Waals surface area contributed by atoms with E-state index in [-0.39, 0.29) is 11.2 Å². The second-order valence-electron chi connectivity index (χ2n) is 5.88. The summed E-state index contributed by atoms with van der Waals surface area (Å²) < 4.78 is 29.3. The van der Waals surface area contributed by atoms with Crippen molar-refractivity contribution in [3.8, 4) is 11.4 Å². The largest absolute Gasteiger partial charge is 0.290 e. The van der Waals surface area contributed by atoms with Crippen molar-refractivity contribution in [3.05, 3.63) is 92.6 Å². The summed E-state index contributed by atoms with van der Waals surface area (Å²) in [6, 6.07) is 13.4. The molecule has 2 aromatic carbocycles. The van der Waals surface area contributed by atoms with Crippen molar-refractivity contribution in [2.75, 3.05) is 0 Å². The summed E-state index contributed by atoms with van der Waals surface area (Å²) in [5.74, 6) is -2.07. The van der Waals surface area contributed by atoms with Crippen LogP contribution in [0.4, 0.5) is 8.78 Å². The molecule has 0 atom stereocenters. The molecule has 5 nitrogen and oxygen atoms in total. The van der Waals surface area contributed by atoms with Gasteiger partial charge in [-0.3, -0.25) is 19.3 Å². The predicted molar refractivity (Wildman–Crippen MR) is 94.1 cm³/mol. The number of halogens is 2. The Balaban J connectivity index is 2.03. The maximum Gasteiger partial charge on any atom is 0.280 e. The van der Waals surface area contributed by atoms with Gasteiger partial charge in [0.15, 0.2) is 11.6 Å². The zero-order valence-corrected chi connectivity index (χ0v) is 13.7. The van der Waals surface area contributed by atoms with E-state index in [9.17, 15) is 18.4 Å². The van der Waals surface area contributed by atoms with Gasteiger partial charge in [0.25, 0.3) is 11.1 Å². The Bertz CT molecular complexity index is 1250.